The second-order valence-electron chi connectivity index (χ2n) is 7.30. The molecular weight excluding hydrogens is 288 g/mol. The van der Waals surface area contributed by atoms with E-state index in [9.17, 15) is 9.59 Å². The lowest BCUT2D eigenvalue weighted by molar-refractivity contribution is -0.125. The zero-order valence-corrected chi connectivity index (χ0v) is 14.9. The summed E-state index contributed by atoms with van der Waals surface area (Å²) in [5, 5.41) is 3.01. The van der Waals surface area contributed by atoms with Crippen molar-refractivity contribution in [3.8, 4) is 0 Å². The van der Waals surface area contributed by atoms with E-state index in [1.165, 1.54) is 0 Å². The molecule has 2 amide bonds. The van der Waals surface area contributed by atoms with Crippen molar-refractivity contribution in [2.24, 2.45) is 11.3 Å². The molecule has 1 aromatic rings. The van der Waals surface area contributed by atoms with Crippen LogP contribution < -0.4 is 10.2 Å². The van der Waals surface area contributed by atoms with Gasteiger partial charge < -0.3 is 10.2 Å². The Morgan fingerprint density at radius 3 is 2.43 bits per heavy atom. The third-order valence-electron chi connectivity index (χ3n) is 4.49. The van der Waals surface area contributed by atoms with E-state index < -0.39 is 0 Å². The van der Waals surface area contributed by atoms with Gasteiger partial charge in [-0.1, -0.05) is 34.6 Å². The van der Waals surface area contributed by atoms with Crippen LogP contribution in [0.5, 0.6) is 0 Å². The van der Waals surface area contributed by atoms with Gasteiger partial charge in [-0.3, -0.25) is 9.59 Å². The maximum absolute atomic E-state index is 12.5. The molecule has 1 aliphatic heterocycles. The van der Waals surface area contributed by atoms with Gasteiger partial charge in [-0.2, -0.15) is 0 Å². The topological polar surface area (TPSA) is 49.4 Å². The first-order valence-electron chi connectivity index (χ1n) is 8.53. The van der Waals surface area contributed by atoms with Crippen molar-refractivity contribution in [3.63, 3.8) is 0 Å². The van der Waals surface area contributed by atoms with Crippen molar-refractivity contribution in [1.82, 2.24) is 0 Å². The normalized spacial score (nSPS) is 14.1. The molecule has 0 saturated heterocycles. The molecule has 4 heteroatoms. The number of carbonyl (C=O) groups is 2. The van der Waals surface area contributed by atoms with E-state index >= 15 is 0 Å². The molecule has 0 radical (unpaired) electrons. The van der Waals surface area contributed by atoms with Gasteiger partial charge in [0, 0.05) is 29.3 Å². The van der Waals surface area contributed by atoms with Gasteiger partial charge in [0.2, 0.25) is 11.8 Å². The Kier molecular flexibility index (Phi) is 5.12. The number of anilines is 2. The molecule has 126 valence electrons. The van der Waals surface area contributed by atoms with Crippen LogP contribution in [-0.2, 0) is 16.0 Å². The summed E-state index contributed by atoms with van der Waals surface area (Å²) in [6.45, 7) is 10.6. The van der Waals surface area contributed by atoms with Crippen molar-refractivity contribution < 1.29 is 9.59 Å². The number of nitrogens with zero attached hydrogens (tertiary/aromatic N) is 1. The standard InChI is InChI=1S/C19H28N2O2/c1-6-13(7-2)17(22)20-15-8-9-16-14(12-15)10-11-21(16)18(23)19(3,4)5/h8-9,12-13H,6-7,10-11H2,1-5H3,(H,20,22). The highest BCUT2D eigenvalue weighted by atomic mass is 16.2. The smallest absolute Gasteiger partial charge is 0.232 e. The number of fused-ring (bicyclic) bond motifs is 1. The third kappa shape index (κ3) is 3.74. The third-order valence-corrected chi connectivity index (χ3v) is 4.49. The number of rotatable bonds is 4. The van der Waals surface area contributed by atoms with Gasteiger partial charge in [0.25, 0.3) is 0 Å². The number of nitrogens with one attached hydrogen (secondary N) is 1. The highest BCUT2D eigenvalue weighted by molar-refractivity contribution is 5.99. The minimum Gasteiger partial charge on any atom is -0.326 e. The largest absolute Gasteiger partial charge is 0.326 e. The van der Waals surface area contributed by atoms with Crippen molar-refractivity contribution in [2.75, 3.05) is 16.8 Å². The number of amides is 2. The summed E-state index contributed by atoms with van der Waals surface area (Å²) in [6, 6.07) is 5.85. The maximum atomic E-state index is 12.5. The van der Waals surface area contributed by atoms with Crippen LogP contribution in [0.2, 0.25) is 0 Å². The molecule has 1 aliphatic rings. The summed E-state index contributed by atoms with van der Waals surface area (Å²) in [5.41, 5.74) is 2.55. The second kappa shape index (κ2) is 6.73. The molecule has 0 atom stereocenters. The zero-order chi connectivity index (χ0) is 17.2. The quantitative estimate of drug-likeness (QED) is 0.913. The lowest BCUT2D eigenvalue weighted by Crippen LogP contribution is -2.38. The van der Waals surface area contributed by atoms with Gasteiger partial charge in [-0.05, 0) is 43.0 Å². The van der Waals surface area contributed by atoms with Crippen LogP contribution in [0.15, 0.2) is 18.2 Å². The Morgan fingerprint density at radius 2 is 1.87 bits per heavy atom. The summed E-state index contributed by atoms with van der Waals surface area (Å²) < 4.78 is 0. The number of carbonyl (C=O) groups excluding carboxylic acids is 2. The van der Waals surface area contributed by atoms with Gasteiger partial charge >= 0.3 is 0 Å². The van der Waals surface area contributed by atoms with Crippen molar-refractivity contribution in [1.29, 1.82) is 0 Å². The summed E-state index contributed by atoms with van der Waals surface area (Å²) >= 11 is 0. The molecule has 0 saturated carbocycles. The van der Waals surface area contributed by atoms with E-state index in [1.54, 1.807) is 0 Å². The molecule has 0 bridgehead atoms. The second-order valence-corrected chi connectivity index (χ2v) is 7.30. The first kappa shape index (κ1) is 17.5. The van der Waals surface area contributed by atoms with Gasteiger partial charge in [-0.15, -0.1) is 0 Å². The average Bonchev–Trinajstić information content (AvgIpc) is 2.89. The van der Waals surface area contributed by atoms with E-state index in [4.69, 9.17) is 0 Å². The minimum absolute atomic E-state index is 0.0576. The summed E-state index contributed by atoms with van der Waals surface area (Å²) in [4.78, 5) is 26.6. The van der Waals surface area contributed by atoms with E-state index in [0.717, 1.165) is 42.7 Å². The molecule has 0 unspecified atom stereocenters. The van der Waals surface area contributed by atoms with Crippen LogP contribution in [0.25, 0.3) is 0 Å². The monoisotopic (exact) mass is 316 g/mol. The average molecular weight is 316 g/mol. The Labute approximate surface area is 139 Å². The molecule has 0 aliphatic carbocycles. The summed E-state index contributed by atoms with van der Waals surface area (Å²) in [7, 11) is 0. The highest BCUT2D eigenvalue weighted by Gasteiger charge is 2.32. The van der Waals surface area contributed by atoms with Gasteiger partial charge in [0.05, 0.1) is 0 Å². The van der Waals surface area contributed by atoms with Gasteiger partial charge in [-0.25, -0.2) is 0 Å². The first-order chi connectivity index (χ1) is 10.8. The molecule has 4 nitrogen and oxygen atoms in total. The Morgan fingerprint density at radius 1 is 1.22 bits per heavy atom. The predicted octanol–water partition coefficient (Wildman–Crippen LogP) is 4.00. The summed E-state index contributed by atoms with van der Waals surface area (Å²) in [6.07, 6.45) is 2.54. The Balaban J connectivity index is 2.16. The van der Waals surface area contributed by atoms with E-state index in [0.29, 0.717) is 0 Å². The fourth-order valence-electron chi connectivity index (χ4n) is 3.00. The first-order valence-corrected chi connectivity index (χ1v) is 8.53. The fraction of sp³-hybridized carbons (Fsp3) is 0.579. The van der Waals surface area contributed by atoms with Crippen molar-refractivity contribution in [2.45, 2.75) is 53.9 Å². The molecule has 23 heavy (non-hydrogen) atoms. The van der Waals surface area contributed by atoms with E-state index in [-0.39, 0.29) is 23.1 Å². The van der Waals surface area contributed by atoms with Gasteiger partial charge in [0.1, 0.15) is 0 Å². The predicted molar refractivity (Wildman–Crippen MR) is 94.7 cm³/mol. The maximum Gasteiger partial charge on any atom is 0.232 e. The van der Waals surface area contributed by atoms with Gasteiger partial charge in [0.15, 0.2) is 0 Å². The van der Waals surface area contributed by atoms with Crippen LogP contribution >= 0.6 is 0 Å². The lowest BCUT2D eigenvalue weighted by Gasteiger charge is -2.26. The van der Waals surface area contributed by atoms with Crippen LogP contribution in [0.1, 0.15) is 53.0 Å². The molecule has 0 aromatic heterocycles. The fourth-order valence-corrected chi connectivity index (χ4v) is 3.00. The van der Waals surface area contributed by atoms with Crippen LogP contribution in [0.4, 0.5) is 11.4 Å². The zero-order valence-electron chi connectivity index (χ0n) is 14.9. The molecule has 1 aromatic carbocycles. The van der Waals surface area contributed by atoms with Crippen molar-refractivity contribution >= 4 is 23.2 Å². The van der Waals surface area contributed by atoms with E-state index in [2.05, 4.69) is 5.32 Å². The van der Waals surface area contributed by atoms with Crippen molar-refractivity contribution in [3.05, 3.63) is 23.8 Å². The highest BCUT2D eigenvalue weighted by Crippen LogP contribution is 2.33. The van der Waals surface area contributed by atoms with Crippen LogP contribution in [-0.4, -0.2) is 18.4 Å². The Bertz CT molecular complexity index is 598. The van der Waals surface area contributed by atoms with Crippen LogP contribution in [0, 0.1) is 11.3 Å². The lowest BCUT2D eigenvalue weighted by atomic mass is 9.94. The minimum atomic E-state index is -0.385. The number of hydrogen-bond donors (Lipinski definition) is 1. The van der Waals surface area contributed by atoms with Crippen LogP contribution in [0.3, 0.4) is 0 Å². The molecule has 0 spiro atoms. The Hall–Kier alpha value is -1.84. The molecule has 0 fully saturated rings. The molecule has 2 rings (SSSR count). The summed E-state index contributed by atoms with van der Waals surface area (Å²) in [5.74, 6) is 0.280. The molecule has 1 heterocycles. The molecular formula is C19H28N2O2. The molecule has 1 N–H and O–H groups in total. The SMILES string of the molecule is CCC(CC)C(=O)Nc1ccc2c(c1)CCN2C(=O)C(C)(C)C. The number of hydrogen-bond acceptors (Lipinski definition) is 2. The van der Waals surface area contributed by atoms with E-state index in [1.807, 2.05) is 57.7 Å². The number of benzene rings is 1.